The predicted octanol–water partition coefficient (Wildman–Crippen LogP) is 2.06. The Morgan fingerprint density at radius 1 is 1.56 bits per heavy atom. The van der Waals surface area contributed by atoms with Gasteiger partial charge in [-0.2, -0.15) is 10.4 Å². The van der Waals surface area contributed by atoms with Gasteiger partial charge in [-0.15, -0.1) is 0 Å². The van der Waals surface area contributed by atoms with Gasteiger partial charge < -0.3 is 5.32 Å². The highest BCUT2D eigenvalue weighted by Gasteiger charge is 2.12. The molecule has 0 aliphatic carbocycles. The molecule has 0 amide bonds. The van der Waals surface area contributed by atoms with E-state index in [9.17, 15) is 0 Å². The molecule has 6 nitrogen and oxygen atoms in total. The van der Waals surface area contributed by atoms with Gasteiger partial charge in [-0.25, -0.2) is 9.97 Å². The number of halogens is 1. The van der Waals surface area contributed by atoms with E-state index in [1.807, 2.05) is 18.4 Å². The quantitative estimate of drug-likeness (QED) is 0.506. The van der Waals surface area contributed by atoms with Crippen LogP contribution in [0, 0.1) is 11.3 Å². The fraction of sp³-hybridized carbons (Fsp3) is 0.200. The maximum absolute atomic E-state index is 9.04. The lowest BCUT2D eigenvalue weighted by atomic mass is 10.3. The van der Waals surface area contributed by atoms with Crippen LogP contribution in [0.15, 0.2) is 17.4 Å². The van der Waals surface area contributed by atoms with Gasteiger partial charge in [-0.05, 0) is 12.3 Å². The molecular formula is C10H9ClN6S. The Balaban J connectivity index is 2.25. The molecular weight excluding hydrogens is 272 g/mol. The van der Waals surface area contributed by atoms with Crippen molar-refractivity contribution < 1.29 is 0 Å². The van der Waals surface area contributed by atoms with Crippen LogP contribution in [0.2, 0.25) is 5.15 Å². The van der Waals surface area contributed by atoms with Crippen molar-refractivity contribution in [1.82, 2.24) is 20.2 Å². The third kappa shape index (κ3) is 2.72. The molecule has 0 saturated carbocycles. The number of rotatable bonds is 4. The van der Waals surface area contributed by atoms with Gasteiger partial charge in [0, 0.05) is 6.20 Å². The van der Waals surface area contributed by atoms with Crippen LogP contribution in [0.5, 0.6) is 0 Å². The number of nitrogens with zero attached hydrogens (tertiary/aromatic N) is 4. The molecule has 2 N–H and O–H groups in total. The van der Waals surface area contributed by atoms with Gasteiger partial charge >= 0.3 is 0 Å². The highest BCUT2D eigenvalue weighted by atomic mass is 35.5. The Morgan fingerprint density at radius 3 is 3.00 bits per heavy atom. The fourth-order valence-electron chi connectivity index (χ4n) is 1.29. The molecule has 2 aromatic heterocycles. The van der Waals surface area contributed by atoms with Crippen LogP contribution in [0.1, 0.15) is 11.3 Å². The maximum Gasteiger partial charge on any atom is 0.190 e. The van der Waals surface area contributed by atoms with Crippen molar-refractivity contribution in [3.8, 4) is 6.07 Å². The first-order valence-corrected chi connectivity index (χ1v) is 6.58. The molecule has 0 fully saturated rings. The van der Waals surface area contributed by atoms with E-state index in [1.54, 1.807) is 6.20 Å². The molecule has 8 heteroatoms. The summed E-state index contributed by atoms with van der Waals surface area (Å²) in [7, 11) is 0. The average Bonchev–Trinajstić information content (AvgIpc) is 2.88. The molecule has 0 bridgehead atoms. The highest BCUT2D eigenvalue weighted by molar-refractivity contribution is 7.98. The first-order chi connectivity index (χ1) is 8.74. The van der Waals surface area contributed by atoms with Crippen LogP contribution >= 0.6 is 23.4 Å². The lowest BCUT2D eigenvalue weighted by Crippen LogP contribution is -2.06. The van der Waals surface area contributed by atoms with Crippen LogP contribution in [0.3, 0.4) is 0 Å². The second-order valence-electron chi connectivity index (χ2n) is 3.27. The van der Waals surface area contributed by atoms with E-state index >= 15 is 0 Å². The molecule has 0 aromatic carbocycles. The Kier molecular flexibility index (Phi) is 4.02. The average molecular weight is 281 g/mol. The van der Waals surface area contributed by atoms with Crippen LogP contribution in [0.25, 0.3) is 0 Å². The minimum atomic E-state index is 0.156. The van der Waals surface area contributed by atoms with Crippen LogP contribution < -0.4 is 5.32 Å². The van der Waals surface area contributed by atoms with Gasteiger partial charge in [0.15, 0.2) is 16.1 Å². The summed E-state index contributed by atoms with van der Waals surface area (Å²) >= 11 is 7.29. The van der Waals surface area contributed by atoms with E-state index in [2.05, 4.69) is 25.5 Å². The van der Waals surface area contributed by atoms with E-state index in [0.717, 1.165) is 5.69 Å². The van der Waals surface area contributed by atoms with Crippen LogP contribution in [-0.4, -0.2) is 26.4 Å². The second-order valence-corrected chi connectivity index (χ2v) is 4.40. The van der Waals surface area contributed by atoms with Gasteiger partial charge in [0.1, 0.15) is 11.6 Å². The standard InChI is InChI=1S/C10H9ClN6S/c1-18-10-15-8(11)7(4-12)9(16-10)13-5-6-2-3-14-17-6/h2-3H,5H2,1H3,(H,14,17)(H,13,15,16). The Morgan fingerprint density at radius 2 is 2.39 bits per heavy atom. The molecule has 18 heavy (non-hydrogen) atoms. The molecule has 2 aromatic rings. The number of aromatic nitrogens is 4. The molecule has 0 radical (unpaired) electrons. The predicted molar refractivity (Wildman–Crippen MR) is 69.5 cm³/mol. The third-order valence-electron chi connectivity index (χ3n) is 2.14. The highest BCUT2D eigenvalue weighted by Crippen LogP contribution is 2.23. The van der Waals surface area contributed by atoms with E-state index in [-0.39, 0.29) is 10.7 Å². The lowest BCUT2D eigenvalue weighted by molar-refractivity contribution is 0.930. The molecule has 92 valence electrons. The van der Waals surface area contributed by atoms with Crippen molar-refractivity contribution >= 4 is 29.2 Å². The van der Waals surface area contributed by atoms with Crippen molar-refractivity contribution in [3.05, 3.63) is 28.7 Å². The number of thioether (sulfide) groups is 1. The number of nitrogens with one attached hydrogen (secondary N) is 2. The molecule has 0 aliphatic rings. The summed E-state index contributed by atoms with van der Waals surface area (Å²) < 4.78 is 0. The van der Waals surface area contributed by atoms with E-state index in [4.69, 9.17) is 16.9 Å². The summed E-state index contributed by atoms with van der Waals surface area (Å²) in [6.45, 7) is 0.482. The van der Waals surface area contributed by atoms with Crippen molar-refractivity contribution in [2.45, 2.75) is 11.7 Å². The largest absolute Gasteiger partial charge is 0.363 e. The van der Waals surface area contributed by atoms with Crippen molar-refractivity contribution in [3.63, 3.8) is 0 Å². The van der Waals surface area contributed by atoms with Gasteiger partial charge in [0.05, 0.1) is 12.2 Å². The SMILES string of the molecule is CSc1nc(Cl)c(C#N)c(NCc2ccn[nH]2)n1. The summed E-state index contributed by atoms with van der Waals surface area (Å²) in [5.41, 5.74) is 1.13. The Bertz CT molecular complexity index is 577. The topological polar surface area (TPSA) is 90.3 Å². The number of anilines is 1. The first kappa shape index (κ1) is 12.7. The molecule has 0 atom stereocenters. The maximum atomic E-state index is 9.04. The molecule has 2 rings (SSSR count). The Labute approximate surface area is 113 Å². The molecule has 0 saturated heterocycles. The zero-order valence-electron chi connectivity index (χ0n) is 9.44. The molecule has 0 unspecified atom stereocenters. The second kappa shape index (κ2) is 5.71. The van der Waals surface area contributed by atoms with Gasteiger partial charge in [0.2, 0.25) is 0 Å². The monoisotopic (exact) mass is 280 g/mol. The minimum absolute atomic E-state index is 0.156. The summed E-state index contributed by atoms with van der Waals surface area (Å²) in [6, 6.07) is 3.82. The van der Waals surface area contributed by atoms with Gasteiger partial charge in [-0.3, -0.25) is 5.10 Å². The molecule has 0 spiro atoms. The molecule has 2 heterocycles. The van der Waals surface area contributed by atoms with Crippen molar-refractivity contribution in [2.75, 3.05) is 11.6 Å². The third-order valence-corrected chi connectivity index (χ3v) is 2.96. The lowest BCUT2D eigenvalue weighted by Gasteiger charge is -2.08. The normalized spacial score (nSPS) is 10.1. The van der Waals surface area contributed by atoms with Gasteiger partial charge in [0.25, 0.3) is 0 Å². The van der Waals surface area contributed by atoms with E-state index in [1.165, 1.54) is 11.8 Å². The number of H-pyrrole nitrogens is 1. The van der Waals surface area contributed by atoms with Crippen molar-refractivity contribution in [2.24, 2.45) is 0 Å². The zero-order chi connectivity index (χ0) is 13.0. The van der Waals surface area contributed by atoms with E-state index in [0.29, 0.717) is 17.5 Å². The molecule has 0 aliphatic heterocycles. The van der Waals surface area contributed by atoms with Gasteiger partial charge in [-0.1, -0.05) is 23.4 Å². The van der Waals surface area contributed by atoms with E-state index < -0.39 is 0 Å². The summed E-state index contributed by atoms with van der Waals surface area (Å²) in [5.74, 6) is 0.427. The smallest absolute Gasteiger partial charge is 0.190 e. The number of hydrogen-bond acceptors (Lipinski definition) is 6. The number of hydrogen-bond donors (Lipinski definition) is 2. The fourth-order valence-corrected chi connectivity index (χ4v) is 1.92. The zero-order valence-corrected chi connectivity index (χ0v) is 11.0. The summed E-state index contributed by atoms with van der Waals surface area (Å²) in [6.07, 6.45) is 3.50. The number of nitriles is 1. The van der Waals surface area contributed by atoms with Crippen LogP contribution in [0.4, 0.5) is 5.82 Å². The van der Waals surface area contributed by atoms with Crippen molar-refractivity contribution in [1.29, 1.82) is 5.26 Å². The summed E-state index contributed by atoms with van der Waals surface area (Å²) in [4.78, 5) is 8.22. The number of aromatic amines is 1. The van der Waals surface area contributed by atoms with Crippen LogP contribution in [-0.2, 0) is 6.54 Å². The Hall–Kier alpha value is -1.78. The summed E-state index contributed by atoms with van der Waals surface area (Å²) in [5, 5.41) is 19.4. The minimum Gasteiger partial charge on any atom is -0.363 e. The first-order valence-electron chi connectivity index (χ1n) is 4.98.